The van der Waals surface area contributed by atoms with Crippen LogP contribution in [-0.2, 0) is 9.53 Å². The lowest BCUT2D eigenvalue weighted by Gasteiger charge is -2.32. The summed E-state index contributed by atoms with van der Waals surface area (Å²) in [6, 6.07) is 8.37. The highest BCUT2D eigenvalue weighted by atomic mass is 16.5. The number of carbonyl (C=O) groups excluding carboxylic acids is 1. The largest absolute Gasteiger partial charge is 0.469 e. The van der Waals surface area contributed by atoms with Crippen LogP contribution < -0.4 is 5.73 Å². The van der Waals surface area contributed by atoms with Gasteiger partial charge in [0, 0.05) is 11.5 Å². The Labute approximate surface area is 115 Å². The normalized spacial score (nSPS) is 17.1. The van der Waals surface area contributed by atoms with Crippen LogP contribution in [0.3, 0.4) is 0 Å². The minimum absolute atomic E-state index is 0.00301. The molecule has 0 aromatic heterocycles. The van der Waals surface area contributed by atoms with E-state index in [0.29, 0.717) is 12.3 Å². The summed E-state index contributed by atoms with van der Waals surface area (Å²) < 4.78 is 4.82. The van der Waals surface area contributed by atoms with Crippen molar-refractivity contribution in [2.75, 3.05) is 7.11 Å². The lowest BCUT2D eigenvalue weighted by Crippen LogP contribution is -2.40. The number of nitrogens with two attached hydrogens (primary N) is 1. The number of hydrogen-bond donors (Lipinski definition) is 1. The van der Waals surface area contributed by atoms with Crippen molar-refractivity contribution in [3.8, 4) is 0 Å². The number of rotatable bonds is 5. The Morgan fingerprint density at radius 1 is 1.42 bits per heavy atom. The van der Waals surface area contributed by atoms with E-state index >= 15 is 0 Å². The van der Waals surface area contributed by atoms with E-state index in [2.05, 4.69) is 18.2 Å². The van der Waals surface area contributed by atoms with Crippen molar-refractivity contribution in [2.45, 2.75) is 50.5 Å². The van der Waals surface area contributed by atoms with Gasteiger partial charge in [-0.15, -0.1) is 0 Å². The summed E-state index contributed by atoms with van der Waals surface area (Å²) in [5.41, 5.74) is 8.42. The molecular weight excluding hydrogens is 238 g/mol. The van der Waals surface area contributed by atoms with Crippen LogP contribution in [0.25, 0.3) is 0 Å². The fourth-order valence-corrected chi connectivity index (χ4v) is 2.62. The molecule has 3 heteroatoms. The number of methoxy groups -OCH3 is 1. The van der Waals surface area contributed by atoms with Crippen LogP contribution in [0, 0.1) is 0 Å². The molecule has 1 aromatic rings. The van der Waals surface area contributed by atoms with E-state index in [-0.39, 0.29) is 11.9 Å². The molecule has 1 aromatic carbocycles. The summed E-state index contributed by atoms with van der Waals surface area (Å²) in [6.07, 6.45) is 2.82. The highest BCUT2D eigenvalue weighted by Crippen LogP contribution is 2.45. The standard InChI is InChI=1S/C16H23NO2/c1-16(2,17)14(10-15(18)19-3)13-7-5-4-6-12(13)11-8-9-11/h4-7,11,14H,8-10,17H2,1-3H3. The number of carbonyl (C=O) groups is 1. The fourth-order valence-electron chi connectivity index (χ4n) is 2.62. The highest BCUT2D eigenvalue weighted by molar-refractivity contribution is 5.71. The minimum atomic E-state index is -0.445. The molecule has 1 saturated carbocycles. The predicted octanol–water partition coefficient (Wildman–Crippen LogP) is 2.95. The molecule has 1 fully saturated rings. The molecule has 2 rings (SSSR count). The Morgan fingerprint density at radius 3 is 2.58 bits per heavy atom. The molecule has 0 amide bonds. The molecular formula is C16H23NO2. The SMILES string of the molecule is COC(=O)CC(c1ccccc1C1CC1)C(C)(C)N. The van der Waals surface area contributed by atoms with Gasteiger partial charge in [-0.2, -0.15) is 0 Å². The number of benzene rings is 1. The Morgan fingerprint density at radius 2 is 2.05 bits per heavy atom. The van der Waals surface area contributed by atoms with Crippen LogP contribution >= 0.6 is 0 Å². The molecule has 104 valence electrons. The number of ether oxygens (including phenoxy) is 1. The zero-order chi connectivity index (χ0) is 14.0. The van der Waals surface area contributed by atoms with E-state index in [4.69, 9.17) is 10.5 Å². The average molecular weight is 261 g/mol. The van der Waals surface area contributed by atoms with Crippen molar-refractivity contribution in [1.29, 1.82) is 0 Å². The first kappa shape index (κ1) is 14.1. The highest BCUT2D eigenvalue weighted by Gasteiger charge is 2.34. The monoisotopic (exact) mass is 261 g/mol. The Balaban J connectivity index is 2.35. The van der Waals surface area contributed by atoms with Crippen LogP contribution in [0.1, 0.15) is 56.1 Å². The van der Waals surface area contributed by atoms with Crippen LogP contribution in [-0.4, -0.2) is 18.6 Å². The number of esters is 1. The van der Waals surface area contributed by atoms with Crippen molar-refractivity contribution in [2.24, 2.45) is 5.73 Å². The van der Waals surface area contributed by atoms with Gasteiger partial charge in [-0.3, -0.25) is 4.79 Å². The summed E-state index contributed by atoms with van der Waals surface area (Å²) in [5.74, 6) is 0.449. The van der Waals surface area contributed by atoms with Crippen LogP contribution in [0.2, 0.25) is 0 Å². The zero-order valence-electron chi connectivity index (χ0n) is 12.0. The minimum Gasteiger partial charge on any atom is -0.469 e. The molecule has 2 N–H and O–H groups in total. The second-order valence-electron chi connectivity index (χ2n) is 6.06. The van der Waals surface area contributed by atoms with Gasteiger partial charge in [0.1, 0.15) is 0 Å². The molecule has 1 unspecified atom stereocenters. The lowest BCUT2D eigenvalue weighted by molar-refractivity contribution is -0.141. The summed E-state index contributed by atoms with van der Waals surface area (Å²) >= 11 is 0. The van der Waals surface area contributed by atoms with Gasteiger partial charge < -0.3 is 10.5 Å². The first-order valence-corrected chi connectivity index (χ1v) is 6.88. The van der Waals surface area contributed by atoms with Crippen LogP contribution in [0.15, 0.2) is 24.3 Å². The fraction of sp³-hybridized carbons (Fsp3) is 0.562. The van der Waals surface area contributed by atoms with E-state index in [9.17, 15) is 4.79 Å². The smallest absolute Gasteiger partial charge is 0.306 e. The lowest BCUT2D eigenvalue weighted by atomic mass is 9.78. The van der Waals surface area contributed by atoms with Gasteiger partial charge in [0.15, 0.2) is 0 Å². The van der Waals surface area contributed by atoms with Gasteiger partial charge in [0.25, 0.3) is 0 Å². The third-order valence-corrected chi connectivity index (χ3v) is 3.89. The molecule has 0 saturated heterocycles. The first-order chi connectivity index (χ1) is 8.93. The average Bonchev–Trinajstić information content (AvgIpc) is 3.18. The van der Waals surface area contributed by atoms with E-state index < -0.39 is 5.54 Å². The van der Waals surface area contributed by atoms with Crippen molar-refractivity contribution < 1.29 is 9.53 Å². The van der Waals surface area contributed by atoms with Gasteiger partial charge >= 0.3 is 5.97 Å². The maximum absolute atomic E-state index is 11.7. The molecule has 3 nitrogen and oxygen atoms in total. The van der Waals surface area contributed by atoms with Gasteiger partial charge in [0.2, 0.25) is 0 Å². The van der Waals surface area contributed by atoms with Crippen molar-refractivity contribution in [3.05, 3.63) is 35.4 Å². The Bertz CT molecular complexity index is 458. The molecule has 0 radical (unpaired) electrons. The molecule has 1 atom stereocenters. The third kappa shape index (κ3) is 3.35. The molecule has 0 aliphatic heterocycles. The van der Waals surface area contributed by atoms with E-state index in [1.165, 1.54) is 31.1 Å². The van der Waals surface area contributed by atoms with Gasteiger partial charge in [-0.05, 0) is 43.7 Å². The molecule has 1 aliphatic carbocycles. The van der Waals surface area contributed by atoms with Gasteiger partial charge in [0.05, 0.1) is 13.5 Å². The Kier molecular flexibility index (Phi) is 3.95. The molecule has 0 spiro atoms. The second kappa shape index (κ2) is 5.33. The topological polar surface area (TPSA) is 52.3 Å². The maximum Gasteiger partial charge on any atom is 0.306 e. The molecule has 0 bridgehead atoms. The summed E-state index contributed by atoms with van der Waals surface area (Å²) in [5, 5.41) is 0. The van der Waals surface area contributed by atoms with Crippen LogP contribution in [0.5, 0.6) is 0 Å². The molecule has 0 heterocycles. The second-order valence-corrected chi connectivity index (χ2v) is 6.06. The molecule has 1 aliphatic rings. The van der Waals surface area contributed by atoms with Crippen molar-refractivity contribution in [1.82, 2.24) is 0 Å². The van der Waals surface area contributed by atoms with E-state index in [0.717, 1.165) is 0 Å². The summed E-state index contributed by atoms with van der Waals surface area (Å²) in [6.45, 7) is 3.95. The zero-order valence-corrected chi connectivity index (χ0v) is 12.0. The van der Waals surface area contributed by atoms with Crippen molar-refractivity contribution in [3.63, 3.8) is 0 Å². The van der Waals surface area contributed by atoms with Crippen LogP contribution in [0.4, 0.5) is 0 Å². The summed E-state index contributed by atoms with van der Waals surface area (Å²) in [4.78, 5) is 11.7. The predicted molar refractivity (Wildman–Crippen MR) is 76.1 cm³/mol. The third-order valence-electron chi connectivity index (χ3n) is 3.89. The quantitative estimate of drug-likeness (QED) is 0.829. The maximum atomic E-state index is 11.7. The van der Waals surface area contributed by atoms with Gasteiger partial charge in [-0.25, -0.2) is 0 Å². The van der Waals surface area contributed by atoms with Crippen molar-refractivity contribution >= 4 is 5.97 Å². The van der Waals surface area contributed by atoms with E-state index in [1.807, 2.05) is 19.9 Å². The van der Waals surface area contributed by atoms with Gasteiger partial charge in [-0.1, -0.05) is 24.3 Å². The molecule has 19 heavy (non-hydrogen) atoms. The van der Waals surface area contributed by atoms with E-state index in [1.54, 1.807) is 0 Å². The Hall–Kier alpha value is -1.35. The number of hydrogen-bond acceptors (Lipinski definition) is 3. The summed E-state index contributed by atoms with van der Waals surface area (Å²) in [7, 11) is 1.43. The first-order valence-electron chi connectivity index (χ1n) is 6.88.